The van der Waals surface area contributed by atoms with Gasteiger partial charge in [0.2, 0.25) is 0 Å². The summed E-state index contributed by atoms with van der Waals surface area (Å²) in [5, 5.41) is 3.27. The third-order valence-corrected chi connectivity index (χ3v) is 3.02. The molecule has 0 aliphatic rings. The van der Waals surface area contributed by atoms with Crippen molar-refractivity contribution in [3.05, 3.63) is 58.1 Å². The van der Waals surface area contributed by atoms with Gasteiger partial charge < -0.3 is 5.32 Å². The monoisotopic (exact) mass is 291 g/mol. The number of nitrogens with one attached hydrogen (secondary N) is 1. The van der Waals surface area contributed by atoms with Crippen molar-refractivity contribution in [3.8, 4) is 0 Å². The number of hydrogen-bond donors (Lipinski definition) is 1. The first-order chi connectivity index (χ1) is 8.20. The standard InChI is InChI=1S/C13H14BrN3/c1-9-5-10(7-11(14)6-9)13(15-2)12-8-16-3-4-17-12/h3-8,13,15H,1-2H3. The van der Waals surface area contributed by atoms with Crippen molar-refractivity contribution in [2.75, 3.05) is 7.05 Å². The molecule has 1 atom stereocenters. The van der Waals surface area contributed by atoms with E-state index < -0.39 is 0 Å². The molecule has 0 bridgehead atoms. The molecule has 0 amide bonds. The third kappa shape index (κ3) is 2.90. The number of hydrogen-bond acceptors (Lipinski definition) is 3. The average molecular weight is 292 g/mol. The molecule has 0 saturated heterocycles. The molecule has 17 heavy (non-hydrogen) atoms. The Morgan fingerprint density at radius 1 is 1.24 bits per heavy atom. The number of rotatable bonds is 3. The van der Waals surface area contributed by atoms with Crippen LogP contribution in [-0.4, -0.2) is 17.0 Å². The predicted molar refractivity (Wildman–Crippen MR) is 71.8 cm³/mol. The zero-order chi connectivity index (χ0) is 12.3. The molecule has 0 radical (unpaired) electrons. The van der Waals surface area contributed by atoms with Gasteiger partial charge in [-0.25, -0.2) is 0 Å². The van der Waals surface area contributed by atoms with Crippen LogP contribution in [0.4, 0.5) is 0 Å². The van der Waals surface area contributed by atoms with E-state index in [1.807, 2.05) is 7.05 Å². The van der Waals surface area contributed by atoms with E-state index in [1.54, 1.807) is 18.6 Å². The predicted octanol–water partition coefficient (Wildman–Crippen LogP) is 2.86. The second-order valence-electron chi connectivity index (χ2n) is 3.91. The number of aromatic nitrogens is 2. The quantitative estimate of drug-likeness (QED) is 0.945. The van der Waals surface area contributed by atoms with Gasteiger partial charge in [-0.05, 0) is 37.2 Å². The summed E-state index contributed by atoms with van der Waals surface area (Å²) in [6.45, 7) is 2.08. The summed E-state index contributed by atoms with van der Waals surface area (Å²) in [6.07, 6.45) is 5.18. The van der Waals surface area contributed by atoms with Crippen molar-refractivity contribution in [1.29, 1.82) is 0 Å². The Kier molecular flexibility index (Phi) is 3.86. The SMILES string of the molecule is CNC(c1cc(C)cc(Br)c1)c1cnccn1. The number of nitrogens with zero attached hydrogens (tertiary/aromatic N) is 2. The molecule has 0 fully saturated rings. The molecule has 1 N–H and O–H groups in total. The van der Waals surface area contributed by atoms with Crippen molar-refractivity contribution in [3.63, 3.8) is 0 Å². The van der Waals surface area contributed by atoms with Crippen molar-refractivity contribution < 1.29 is 0 Å². The molecular weight excluding hydrogens is 278 g/mol. The molecular formula is C13H14BrN3. The van der Waals surface area contributed by atoms with Gasteiger partial charge in [0.25, 0.3) is 0 Å². The van der Waals surface area contributed by atoms with Crippen LogP contribution in [0.3, 0.4) is 0 Å². The summed E-state index contributed by atoms with van der Waals surface area (Å²) < 4.78 is 1.08. The topological polar surface area (TPSA) is 37.8 Å². The molecule has 1 aromatic carbocycles. The summed E-state index contributed by atoms with van der Waals surface area (Å²) in [4.78, 5) is 8.45. The largest absolute Gasteiger partial charge is 0.308 e. The first-order valence-corrected chi connectivity index (χ1v) is 6.20. The second-order valence-corrected chi connectivity index (χ2v) is 4.83. The summed E-state index contributed by atoms with van der Waals surface area (Å²) >= 11 is 3.52. The highest BCUT2D eigenvalue weighted by molar-refractivity contribution is 9.10. The molecule has 0 saturated carbocycles. The van der Waals surface area contributed by atoms with Gasteiger partial charge in [0.1, 0.15) is 0 Å². The smallest absolute Gasteiger partial charge is 0.0801 e. The lowest BCUT2D eigenvalue weighted by atomic mass is 10.0. The fourth-order valence-electron chi connectivity index (χ4n) is 1.88. The minimum absolute atomic E-state index is 0.0694. The maximum atomic E-state index is 4.35. The number of halogens is 1. The minimum atomic E-state index is 0.0694. The first kappa shape index (κ1) is 12.2. The number of benzene rings is 1. The van der Waals surface area contributed by atoms with E-state index in [-0.39, 0.29) is 6.04 Å². The minimum Gasteiger partial charge on any atom is -0.308 e. The van der Waals surface area contributed by atoms with E-state index in [0.717, 1.165) is 10.2 Å². The Morgan fingerprint density at radius 2 is 2.06 bits per heavy atom. The molecule has 0 aliphatic heterocycles. The lowest BCUT2D eigenvalue weighted by Gasteiger charge is -2.16. The van der Waals surface area contributed by atoms with Gasteiger partial charge in [-0.2, -0.15) is 0 Å². The lowest BCUT2D eigenvalue weighted by molar-refractivity contribution is 0.666. The van der Waals surface area contributed by atoms with E-state index in [9.17, 15) is 0 Å². The Morgan fingerprint density at radius 3 is 2.65 bits per heavy atom. The van der Waals surface area contributed by atoms with E-state index in [2.05, 4.69) is 56.3 Å². The van der Waals surface area contributed by atoms with Crippen LogP contribution in [0.5, 0.6) is 0 Å². The van der Waals surface area contributed by atoms with E-state index >= 15 is 0 Å². The molecule has 2 rings (SSSR count). The maximum Gasteiger partial charge on any atom is 0.0801 e. The Bertz CT molecular complexity index is 479. The molecule has 88 valence electrons. The van der Waals surface area contributed by atoms with Crippen molar-refractivity contribution in [1.82, 2.24) is 15.3 Å². The van der Waals surface area contributed by atoms with Crippen molar-refractivity contribution in [2.24, 2.45) is 0 Å². The van der Waals surface area contributed by atoms with E-state index in [0.29, 0.717) is 0 Å². The van der Waals surface area contributed by atoms with Crippen LogP contribution in [0.15, 0.2) is 41.3 Å². The summed E-state index contributed by atoms with van der Waals surface area (Å²) in [6, 6.07) is 6.41. The normalized spacial score (nSPS) is 12.4. The molecule has 1 heterocycles. The van der Waals surface area contributed by atoms with Crippen LogP contribution in [0.1, 0.15) is 22.9 Å². The van der Waals surface area contributed by atoms with Crippen LogP contribution >= 0.6 is 15.9 Å². The maximum absolute atomic E-state index is 4.35. The van der Waals surface area contributed by atoms with Crippen LogP contribution in [0.25, 0.3) is 0 Å². The van der Waals surface area contributed by atoms with Gasteiger partial charge in [0.05, 0.1) is 17.9 Å². The number of aryl methyl sites for hydroxylation is 1. The van der Waals surface area contributed by atoms with Crippen molar-refractivity contribution in [2.45, 2.75) is 13.0 Å². The van der Waals surface area contributed by atoms with Gasteiger partial charge in [0, 0.05) is 16.9 Å². The summed E-state index contributed by atoms with van der Waals surface area (Å²) in [5.74, 6) is 0. The highest BCUT2D eigenvalue weighted by Gasteiger charge is 2.14. The average Bonchev–Trinajstić information content (AvgIpc) is 2.30. The Labute approximate surface area is 109 Å². The van der Waals surface area contributed by atoms with Crippen LogP contribution < -0.4 is 5.32 Å². The molecule has 4 heteroatoms. The van der Waals surface area contributed by atoms with Crippen LogP contribution in [0.2, 0.25) is 0 Å². The third-order valence-electron chi connectivity index (χ3n) is 2.57. The highest BCUT2D eigenvalue weighted by atomic mass is 79.9. The van der Waals surface area contributed by atoms with Crippen molar-refractivity contribution >= 4 is 15.9 Å². The van der Waals surface area contributed by atoms with Gasteiger partial charge >= 0.3 is 0 Å². The highest BCUT2D eigenvalue weighted by Crippen LogP contribution is 2.24. The molecule has 1 unspecified atom stereocenters. The molecule has 0 aliphatic carbocycles. The van der Waals surface area contributed by atoms with Gasteiger partial charge in [-0.3, -0.25) is 9.97 Å². The van der Waals surface area contributed by atoms with Crippen LogP contribution in [0, 0.1) is 6.92 Å². The van der Waals surface area contributed by atoms with Gasteiger partial charge in [0.15, 0.2) is 0 Å². The molecule has 3 nitrogen and oxygen atoms in total. The molecule has 0 spiro atoms. The lowest BCUT2D eigenvalue weighted by Crippen LogP contribution is -2.19. The Balaban J connectivity index is 2.42. The second kappa shape index (κ2) is 5.38. The zero-order valence-electron chi connectivity index (χ0n) is 9.81. The van der Waals surface area contributed by atoms with Gasteiger partial charge in [-0.15, -0.1) is 0 Å². The molecule has 1 aromatic heterocycles. The van der Waals surface area contributed by atoms with Gasteiger partial charge in [-0.1, -0.05) is 22.0 Å². The van der Waals surface area contributed by atoms with E-state index in [4.69, 9.17) is 0 Å². The summed E-state index contributed by atoms with van der Waals surface area (Å²) in [7, 11) is 1.93. The van der Waals surface area contributed by atoms with E-state index in [1.165, 1.54) is 11.1 Å². The van der Waals surface area contributed by atoms with Crippen LogP contribution in [-0.2, 0) is 0 Å². The summed E-state index contributed by atoms with van der Waals surface area (Å²) in [5.41, 5.74) is 3.32. The zero-order valence-corrected chi connectivity index (χ0v) is 11.4. The Hall–Kier alpha value is -1.26. The first-order valence-electron chi connectivity index (χ1n) is 5.41. The fourth-order valence-corrected chi connectivity index (χ4v) is 2.50. The molecule has 2 aromatic rings. The fraction of sp³-hybridized carbons (Fsp3) is 0.231.